The summed E-state index contributed by atoms with van der Waals surface area (Å²) in [4.78, 5) is 0. The second-order valence-electron chi connectivity index (χ2n) is 7.50. The zero-order valence-electron chi connectivity index (χ0n) is 15.7. The number of aryl methyl sites for hydroxylation is 1. The minimum Gasteiger partial charge on any atom is -0.344 e. The van der Waals surface area contributed by atoms with E-state index in [9.17, 15) is 0 Å². The lowest BCUT2D eigenvalue weighted by atomic mass is 9.96. The van der Waals surface area contributed by atoms with E-state index in [2.05, 4.69) is 109 Å². The molecule has 1 heterocycles. The fourth-order valence-corrected chi connectivity index (χ4v) is 4.63. The summed E-state index contributed by atoms with van der Waals surface area (Å²) < 4.78 is 2.31. The largest absolute Gasteiger partial charge is 0.344 e. The second kappa shape index (κ2) is 5.71. The van der Waals surface area contributed by atoms with Crippen LogP contribution in [0, 0.1) is 0 Å². The van der Waals surface area contributed by atoms with Gasteiger partial charge in [0.2, 0.25) is 0 Å². The number of aromatic nitrogens is 1. The first-order valence-electron chi connectivity index (χ1n) is 9.69. The summed E-state index contributed by atoms with van der Waals surface area (Å²) in [5, 5.41) is 7.86. The van der Waals surface area contributed by atoms with Gasteiger partial charge in [-0.25, -0.2) is 0 Å². The van der Waals surface area contributed by atoms with E-state index in [1.807, 2.05) is 0 Å². The summed E-state index contributed by atoms with van der Waals surface area (Å²) in [5.74, 6) is 0. The summed E-state index contributed by atoms with van der Waals surface area (Å²) in [7, 11) is 2.16. The molecule has 0 aliphatic carbocycles. The molecule has 0 N–H and O–H groups in total. The smallest absolute Gasteiger partial charge is 0.0495 e. The molecule has 0 atom stereocenters. The maximum absolute atomic E-state index is 2.37. The van der Waals surface area contributed by atoms with Crippen LogP contribution in [0.4, 0.5) is 0 Å². The molecule has 1 nitrogen and oxygen atoms in total. The number of nitrogens with zero attached hydrogens (tertiary/aromatic N) is 1. The fraction of sp³-hybridized carbons (Fsp3) is 0.0370. The van der Waals surface area contributed by atoms with Crippen LogP contribution < -0.4 is 0 Å². The van der Waals surface area contributed by atoms with Crippen molar-refractivity contribution < 1.29 is 0 Å². The maximum atomic E-state index is 2.37. The summed E-state index contributed by atoms with van der Waals surface area (Å²) in [5.41, 5.74) is 5.11. The Balaban J connectivity index is 1.75. The van der Waals surface area contributed by atoms with Crippen molar-refractivity contribution in [3.8, 4) is 11.1 Å². The highest BCUT2D eigenvalue weighted by Crippen LogP contribution is 2.37. The van der Waals surface area contributed by atoms with Gasteiger partial charge in [-0.1, -0.05) is 78.9 Å². The third-order valence-corrected chi connectivity index (χ3v) is 6.00. The molecule has 6 aromatic rings. The van der Waals surface area contributed by atoms with Crippen molar-refractivity contribution in [1.82, 2.24) is 4.57 Å². The molecule has 0 spiro atoms. The van der Waals surface area contributed by atoms with Gasteiger partial charge in [-0.3, -0.25) is 0 Å². The predicted octanol–water partition coefficient (Wildman–Crippen LogP) is 7.30. The molecule has 28 heavy (non-hydrogen) atoms. The topological polar surface area (TPSA) is 4.93 Å². The van der Waals surface area contributed by atoms with Crippen LogP contribution in [0.15, 0.2) is 97.1 Å². The van der Waals surface area contributed by atoms with Gasteiger partial charge in [0.15, 0.2) is 0 Å². The Kier molecular flexibility index (Phi) is 3.15. The molecule has 0 amide bonds. The Hall–Kier alpha value is -3.58. The average Bonchev–Trinajstić information content (AvgIpc) is 3.05. The van der Waals surface area contributed by atoms with E-state index in [-0.39, 0.29) is 0 Å². The Bertz CT molecular complexity index is 1510. The van der Waals surface area contributed by atoms with Gasteiger partial charge in [0, 0.05) is 28.9 Å². The lowest BCUT2D eigenvalue weighted by Gasteiger charge is -2.08. The molecule has 0 aliphatic rings. The van der Waals surface area contributed by atoms with Gasteiger partial charge in [-0.15, -0.1) is 0 Å². The first kappa shape index (κ1) is 15.5. The summed E-state index contributed by atoms with van der Waals surface area (Å²) >= 11 is 0. The van der Waals surface area contributed by atoms with Crippen LogP contribution in [0.25, 0.3) is 54.5 Å². The molecule has 5 aromatic carbocycles. The molecule has 1 heteroatoms. The molecule has 0 unspecified atom stereocenters. The molecule has 0 fully saturated rings. The summed E-state index contributed by atoms with van der Waals surface area (Å²) in [6.07, 6.45) is 0. The van der Waals surface area contributed by atoms with Gasteiger partial charge in [0.05, 0.1) is 0 Å². The third kappa shape index (κ3) is 2.07. The monoisotopic (exact) mass is 357 g/mol. The molecule has 0 saturated carbocycles. The van der Waals surface area contributed by atoms with Crippen molar-refractivity contribution in [1.29, 1.82) is 0 Å². The summed E-state index contributed by atoms with van der Waals surface area (Å²) in [6, 6.07) is 35.2. The highest BCUT2D eigenvalue weighted by Gasteiger charge is 2.13. The van der Waals surface area contributed by atoms with Gasteiger partial charge < -0.3 is 4.57 Å². The Morgan fingerprint density at radius 3 is 2.07 bits per heavy atom. The van der Waals surface area contributed by atoms with E-state index in [0.717, 1.165) is 0 Å². The fourth-order valence-electron chi connectivity index (χ4n) is 4.63. The zero-order chi connectivity index (χ0) is 18.7. The van der Waals surface area contributed by atoms with Crippen LogP contribution in [-0.2, 0) is 7.05 Å². The highest BCUT2D eigenvalue weighted by atomic mass is 14.9. The van der Waals surface area contributed by atoms with Crippen LogP contribution in [0.1, 0.15) is 0 Å². The zero-order valence-corrected chi connectivity index (χ0v) is 15.7. The average molecular weight is 357 g/mol. The first-order valence-corrected chi connectivity index (χ1v) is 9.69. The first-order chi connectivity index (χ1) is 13.8. The molecular formula is C27H19N. The number of fused-ring (bicyclic) bond motifs is 6. The van der Waals surface area contributed by atoms with E-state index >= 15 is 0 Å². The molecule has 6 rings (SSSR count). The van der Waals surface area contributed by atoms with Crippen LogP contribution in [0.2, 0.25) is 0 Å². The molecule has 0 radical (unpaired) electrons. The van der Waals surface area contributed by atoms with Gasteiger partial charge in [-0.05, 0) is 50.9 Å². The van der Waals surface area contributed by atoms with Crippen molar-refractivity contribution in [2.24, 2.45) is 7.05 Å². The molecule has 1 aromatic heterocycles. The van der Waals surface area contributed by atoms with E-state index in [4.69, 9.17) is 0 Å². The van der Waals surface area contributed by atoms with E-state index in [1.165, 1.54) is 54.5 Å². The normalized spacial score (nSPS) is 11.8. The number of hydrogen-bond donors (Lipinski definition) is 0. The van der Waals surface area contributed by atoms with Gasteiger partial charge in [0.1, 0.15) is 0 Å². The molecule has 0 bridgehead atoms. The third-order valence-electron chi connectivity index (χ3n) is 6.00. The lowest BCUT2D eigenvalue weighted by molar-refractivity contribution is 1.01. The Morgan fingerprint density at radius 1 is 0.536 bits per heavy atom. The number of hydrogen-bond acceptors (Lipinski definition) is 0. The Labute approximate surface area is 163 Å². The molecular weight excluding hydrogens is 338 g/mol. The van der Waals surface area contributed by atoms with Crippen molar-refractivity contribution >= 4 is 43.4 Å². The van der Waals surface area contributed by atoms with E-state index in [1.54, 1.807) is 0 Å². The quantitative estimate of drug-likeness (QED) is 0.291. The predicted molar refractivity (Wildman–Crippen MR) is 121 cm³/mol. The SMILES string of the molecule is Cn1c2ccc(-c3cccc4ccccc34)cc2c2c3ccccc3ccc21. The molecule has 0 aliphatic heterocycles. The number of benzene rings is 5. The van der Waals surface area contributed by atoms with Crippen LogP contribution >= 0.6 is 0 Å². The van der Waals surface area contributed by atoms with Gasteiger partial charge >= 0.3 is 0 Å². The number of rotatable bonds is 1. The van der Waals surface area contributed by atoms with Crippen molar-refractivity contribution in [2.75, 3.05) is 0 Å². The van der Waals surface area contributed by atoms with E-state index in [0.29, 0.717) is 0 Å². The second-order valence-corrected chi connectivity index (χ2v) is 7.50. The van der Waals surface area contributed by atoms with Crippen molar-refractivity contribution in [3.63, 3.8) is 0 Å². The standard InChI is InChI=1S/C27H19N/c1-28-25-15-14-20(22-12-6-9-18-7-2-4-10-21(18)22)17-24(25)27-23-11-5-3-8-19(23)13-16-26(27)28/h2-17H,1H3. The van der Waals surface area contributed by atoms with Crippen molar-refractivity contribution in [2.45, 2.75) is 0 Å². The lowest BCUT2D eigenvalue weighted by Crippen LogP contribution is -1.86. The highest BCUT2D eigenvalue weighted by molar-refractivity contribution is 6.21. The van der Waals surface area contributed by atoms with Crippen LogP contribution in [0.3, 0.4) is 0 Å². The maximum Gasteiger partial charge on any atom is 0.0495 e. The molecule has 132 valence electrons. The van der Waals surface area contributed by atoms with Crippen LogP contribution in [0.5, 0.6) is 0 Å². The van der Waals surface area contributed by atoms with Gasteiger partial charge in [-0.2, -0.15) is 0 Å². The summed E-state index contributed by atoms with van der Waals surface area (Å²) in [6.45, 7) is 0. The minimum absolute atomic E-state index is 1.27. The molecule has 0 saturated heterocycles. The van der Waals surface area contributed by atoms with E-state index < -0.39 is 0 Å². The van der Waals surface area contributed by atoms with Crippen molar-refractivity contribution in [3.05, 3.63) is 97.1 Å². The minimum atomic E-state index is 1.27. The van der Waals surface area contributed by atoms with Crippen LogP contribution in [-0.4, -0.2) is 4.57 Å². The van der Waals surface area contributed by atoms with Gasteiger partial charge in [0.25, 0.3) is 0 Å². The Morgan fingerprint density at radius 2 is 1.21 bits per heavy atom.